The second kappa shape index (κ2) is 54.9. The molecule has 12 nitrogen and oxygen atoms in total. The smallest absolute Gasteiger partial charge is 0.163 e. The molecule has 0 spiro atoms. The zero-order valence-corrected chi connectivity index (χ0v) is 86.7. The molecule has 678 valence electrons. The maximum absolute atomic E-state index is 11.2. The number of para-hydroxylation sites is 2. The minimum absolute atomic E-state index is 0. The molecule has 3 N–H and O–H groups in total. The molecule has 4 radical (unpaired) electrons. The number of pyridine rings is 5. The van der Waals surface area contributed by atoms with Gasteiger partial charge in [-0.3, -0.25) is 24.4 Å². The first kappa shape index (κ1) is 109. The molecular weight excluding hydrogens is 2320 g/mol. The van der Waals surface area contributed by atoms with Crippen LogP contribution in [0, 0.1) is 103 Å². The average molecular weight is 2440 g/mol. The molecule has 0 fully saturated rings. The summed E-state index contributed by atoms with van der Waals surface area (Å²) in [5.41, 5.74) is 28.8. The van der Waals surface area contributed by atoms with Crippen LogP contribution in [0.5, 0.6) is 0 Å². The van der Waals surface area contributed by atoms with Crippen LogP contribution in [0.1, 0.15) is 138 Å². The number of allylic oxidation sites excluding steroid dienone is 6. The minimum atomic E-state index is -0.125. The van der Waals surface area contributed by atoms with Crippen LogP contribution in [-0.2, 0) is 101 Å². The van der Waals surface area contributed by atoms with Crippen molar-refractivity contribution < 1.29 is 115 Å². The number of aromatic nitrogens is 5. The second-order valence-electron chi connectivity index (χ2n) is 32.8. The van der Waals surface area contributed by atoms with Gasteiger partial charge in [0.1, 0.15) is 11.3 Å². The molecule has 130 heavy (non-hydrogen) atoms. The average Bonchev–Trinajstić information content (AvgIpc) is 1.62. The van der Waals surface area contributed by atoms with Crippen molar-refractivity contribution in [2.45, 2.75) is 144 Å². The molecule has 16 heteroatoms. The number of nitrogens with zero attached hydrogens (tertiary/aromatic N) is 5. The van der Waals surface area contributed by atoms with Gasteiger partial charge in [0.15, 0.2) is 17.3 Å². The molecule has 0 amide bonds. The van der Waals surface area contributed by atoms with Crippen LogP contribution in [0.4, 0.5) is 0 Å². The number of benzene rings is 10. The summed E-state index contributed by atoms with van der Waals surface area (Å²) in [4.78, 5) is 55.1. The number of hydrogen-bond donors (Lipinski definition) is 3. The largest absolute Gasteiger partial charge is 0.512 e. The summed E-state index contributed by atoms with van der Waals surface area (Å²) in [7, 11) is 0. The van der Waals surface area contributed by atoms with Crippen molar-refractivity contribution in [3.63, 3.8) is 0 Å². The Bertz CT molecular complexity index is 6340. The number of ketones is 3. The van der Waals surface area contributed by atoms with Crippen molar-refractivity contribution in [1.82, 2.24) is 24.9 Å². The van der Waals surface area contributed by atoms with Gasteiger partial charge in [0.25, 0.3) is 0 Å². The van der Waals surface area contributed by atoms with Gasteiger partial charge in [0.2, 0.25) is 0 Å². The number of fused-ring (bicyclic) bond motifs is 5. The summed E-state index contributed by atoms with van der Waals surface area (Å²) >= 11 is 0. The van der Waals surface area contributed by atoms with E-state index in [1.54, 1.807) is 18.3 Å². The molecular formula is C114H114Ir4N5O7-5. The van der Waals surface area contributed by atoms with E-state index in [-0.39, 0.29) is 115 Å². The number of aliphatic hydroxyl groups excluding tert-OH is 3. The Hall–Kier alpha value is -11.5. The molecule has 0 aliphatic heterocycles. The molecule has 10 aromatic carbocycles. The van der Waals surface area contributed by atoms with E-state index in [4.69, 9.17) is 19.5 Å². The van der Waals surface area contributed by atoms with Crippen LogP contribution < -0.4 is 0 Å². The van der Waals surface area contributed by atoms with Crippen molar-refractivity contribution in [2.24, 2.45) is 17.8 Å². The Morgan fingerprint density at radius 2 is 0.962 bits per heavy atom. The number of carbonyl (C=O) groups excluding carboxylic acids is 3. The number of aryl methyl sites for hydroxylation is 8. The van der Waals surface area contributed by atoms with Crippen LogP contribution in [0.2, 0.25) is 0 Å². The minimum Gasteiger partial charge on any atom is -0.512 e. The molecule has 0 saturated heterocycles. The van der Waals surface area contributed by atoms with E-state index in [0.717, 1.165) is 112 Å². The van der Waals surface area contributed by atoms with Gasteiger partial charge in [0, 0.05) is 135 Å². The van der Waals surface area contributed by atoms with Crippen LogP contribution in [0.15, 0.2) is 313 Å². The van der Waals surface area contributed by atoms with Crippen molar-refractivity contribution >= 4 is 66.7 Å². The fraction of sp³-hybridized carbons (Fsp3) is 0.211. The third-order valence-electron chi connectivity index (χ3n) is 19.3. The van der Waals surface area contributed by atoms with Gasteiger partial charge in [-0.25, -0.2) is 0 Å². The molecule has 6 aromatic heterocycles. The van der Waals surface area contributed by atoms with E-state index in [9.17, 15) is 24.6 Å². The van der Waals surface area contributed by atoms with Crippen molar-refractivity contribution in [2.75, 3.05) is 0 Å². The van der Waals surface area contributed by atoms with Gasteiger partial charge >= 0.3 is 0 Å². The first-order chi connectivity index (χ1) is 60.3. The van der Waals surface area contributed by atoms with E-state index >= 15 is 0 Å². The molecule has 16 rings (SSSR count). The van der Waals surface area contributed by atoms with Crippen molar-refractivity contribution in [3.8, 4) is 67.4 Å². The number of Topliss-reactive ketones (excluding diaryl/α,β-unsaturated/α-hetero) is 1. The zero-order valence-electron chi connectivity index (χ0n) is 77.1. The Labute approximate surface area is 822 Å². The zero-order chi connectivity index (χ0) is 90.9. The quantitative estimate of drug-likeness (QED) is 0.0472. The summed E-state index contributed by atoms with van der Waals surface area (Å²) in [6.07, 6.45) is 10.2. The third-order valence-corrected chi connectivity index (χ3v) is 19.3. The molecule has 0 saturated carbocycles. The predicted molar refractivity (Wildman–Crippen MR) is 521 cm³/mol. The number of rotatable bonds is 16. The van der Waals surface area contributed by atoms with Gasteiger partial charge in [-0.15, -0.1) is 165 Å². The number of hydrogen-bond acceptors (Lipinski definition) is 12. The third kappa shape index (κ3) is 35.4. The SMILES string of the molecule is CC(=O)C(=C(C)O)c1ccccc1.CC(=O)C=C(C)O.CC(C)CC(=O)C=C(O)CC(C)C.Cc1[c-]c(-c2cc(CC(C)C)c3cc(C)ccc3n2)cc(C)c1.Cc1[c-]c(-c2ccc3ccccc3n2)cc(C)c1.Cc1cc(C)cc(-c2ccnc(-c3[c-]cccc3)c2)c1.Cc1ccc(-c2[c-]cccc2)nc1.[Ir].[Ir].[Ir].[Ir].[c-]1cc2oc3ccccc3c2cc1-c1ccccn1. The summed E-state index contributed by atoms with van der Waals surface area (Å²) in [6.45, 7) is 35.2. The Morgan fingerprint density at radius 1 is 0.400 bits per heavy atom. The van der Waals surface area contributed by atoms with Crippen LogP contribution in [0.25, 0.3) is 117 Å². The summed E-state index contributed by atoms with van der Waals surface area (Å²) in [5.74, 6) is 1.49. The fourth-order valence-electron chi connectivity index (χ4n) is 14.1. The van der Waals surface area contributed by atoms with Gasteiger partial charge < -0.3 is 34.7 Å². The molecule has 0 aliphatic rings. The Morgan fingerprint density at radius 3 is 1.52 bits per heavy atom. The Kier molecular flexibility index (Phi) is 46.0. The molecule has 0 unspecified atom stereocenters. The van der Waals surface area contributed by atoms with Gasteiger partial charge in [-0.05, 0) is 178 Å². The number of furan rings is 1. The van der Waals surface area contributed by atoms with Gasteiger partial charge in [-0.1, -0.05) is 231 Å². The van der Waals surface area contributed by atoms with Gasteiger partial charge in [0.05, 0.1) is 33.7 Å². The van der Waals surface area contributed by atoms with E-state index in [2.05, 4.69) is 223 Å². The van der Waals surface area contributed by atoms with E-state index in [1.165, 1.54) is 101 Å². The van der Waals surface area contributed by atoms with E-state index < -0.39 is 0 Å². The first-order valence-corrected chi connectivity index (χ1v) is 42.5. The van der Waals surface area contributed by atoms with Crippen LogP contribution >= 0.6 is 0 Å². The van der Waals surface area contributed by atoms with Crippen LogP contribution in [0.3, 0.4) is 0 Å². The standard InChI is InChI=1S/C22H24N.C19H16N.C17H10NO.C17H14N.C12H10N.C11H12O2.C11H20O2.C5H8O2.4Ir/c1-14(2)8-18-13-22(19-10-16(4)9-17(5)11-19)23-21-7-6-15(3)12-20(18)21;1-14-10-15(2)12-18(11-14)17-8-9-20-19(13-17)16-6-4-3-5-7-16;1-2-7-16-13(5-1)14-11-12(8-9-17(14)19-16)15-6-3-4-10-18-15;1-12-9-13(2)11-15(10-12)17-8-7-14-5-3-4-6-16(14)18-17;1-10-7-8-12(13-9-10)11-5-3-2-4-6-11;1-8(12)11(9(2)13)10-6-4-3-5-7-10;1-8(2)5-10(12)7-11(13)6-9(3)4;1-4(6)3-5(2)7;;;;/h6-7,9-10,12-14H,8H2,1-5H3;3-6,8-13H,1-2H3;1-7,9-11H;3-10H,1-2H3;2-5,7-9H,1H3;3-7,12H,1-2H3;7-9,12H,5-6H2,1-4H3;3,6H,1-2H3;;;;/q5*-1;;;;;;;. The topological polar surface area (TPSA) is 189 Å². The van der Waals surface area contributed by atoms with E-state index in [0.29, 0.717) is 36.2 Å². The molecule has 0 bridgehead atoms. The summed E-state index contributed by atoms with van der Waals surface area (Å²) in [6, 6.07) is 104. The molecule has 16 aromatic rings. The van der Waals surface area contributed by atoms with Crippen molar-refractivity contribution in [3.05, 3.63) is 395 Å². The second-order valence-corrected chi connectivity index (χ2v) is 32.8. The maximum atomic E-state index is 11.2. The Balaban J connectivity index is 0.000000266. The summed E-state index contributed by atoms with van der Waals surface area (Å²) < 4.78 is 5.79. The van der Waals surface area contributed by atoms with Crippen molar-refractivity contribution in [1.29, 1.82) is 0 Å². The molecule has 0 atom stereocenters. The molecule has 0 aliphatic carbocycles. The normalized spacial score (nSPS) is 10.8. The van der Waals surface area contributed by atoms with Gasteiger partial charge in [-0.2, -0.15) is 0 Å². The fourth-order valence-corrected chi connectivity index (χ4v) is 14.1. The maximum Gasteiger partial charge on any atom is 0.163 e. The predicted octanol–water partition coefficient (Wildman–Crippen LogP) is 29.0. The summed E-state index contributed by atoms with van der Waals surface area (Å²) in [5, 5.41) is 31.7. The number of carbonyl (C=O) groups is 3. The molecule has 6 heterocycles. The number of aliphatic hydroxyl groups is 3. The first-order valence-electron chi connectivity index (χ1n) is 42.5. The van der Waals surface area contributed by atoms with Crippen LogP contribution in [-0.4, -0.2) is 57.6 Å². The van der Waals surface area contributed by atoms with E-state index in [1.807, 2.05) is 180 Å². The monoisotopic (exact) mass is 2440 g/mol.